The average Bonchev–Trinajstić information content (AvgIpc) is 2.80. The minimum atomic E-state index is -0.132. The third-order valence-electron chi connectivity index (χ3n) is 5.67. The van der Waals surface area contributed by atoms with Crippen molar-refractivity contribution in [3.8, 4) is 0 Å². The Morgan fingerprint density at radius 3 is 2.55 bits per heavy atom. The monoisotopic (exact) mass is 395 g/mol. The van der Waals surface area contributed by atoms with Crippen molar-refractivity contribution in [3.05, 3.63) is 48.3 Å². The van der Waals surface area contributed by atoms with Crippen LogP contribution in [-0.2, 0) is 4.74 Å². The van der Waals surface area contributed by atoms with Gasteiger partial charge in [-0.05, 0) is 24.7 Å². The summed E-state index contributed by atoms with van der Waals surface area (Å²) in [7, 11) is 0. The van der Waals surface area contributed by atoms with Gasteiger partial charge in [0.15, 0.2) is 0 Å². The first kappa shape index (κ1) is 19.7. The zero-order valence-electron chi connectivity index (χ0n) is 17.0. The Bertz CT molecular complexity index is 829. The lowest BCUT2D eigenvalue weighted by atomic mass is 10.2. The van der Waals surface area contributed by atoms with E-state index in [1.807, 2.05) is 36.5 Å². The van der Waals surface area contributed by atoms with Crippen molar-refractivity contribution in [1.82, 2.24) is 9.88 Å². The van der Waals surface area contributed by atoms with Crippen LogP contribution in [0.4, 0.5) is 17.1 Å². The van der Waals surface area contributed by atoms with E-state index in [0.717, 1.165) is 62.9 Å². The number of rotatable bonds is 5. The number of benzene rings is 1. The standard InChI is InChI=1S/C22H29N5O2/c1-2-25-7-9-26(10-8-25)19-15-18(16-23-17-19)22(28)24-20-5-3-4-6-21(20)27-11-13-29-14-12-27/h3-6,15-17H,2,7-14H2,1H3,(H,24,28). The van der Waals surface area contributed by atoms with Gasteiger partial charge in [0.05, 0.1) is 42.0 Å². The molecule has 1 aromatic heterocycles. The van der Waals surface area contributed by atoms with E-state index in [-0.39, 0.29) is 5.91 Å². The molecule has 2 fully saturated rings. The first-order chi connectivity index (χ1) is 14.2. The number of ether oxygens (including phenoxy) is 1. The van der Waals surface area contributed by atoms with Gasteiger partial charge in [0, 0.05) is 45.5 Å². The van der Waals surface area contributed by atoms with Gasteiger partial charge in [-0.25, -0.2) is 0 Å². The quantitative estimate of drug-likeness (QED) is 0.838. The number of hydrogen-bond donors (Lipinski definition) is 1. The van der Waals surface area contributed by atoms with Crippen molar-refractivity contribution in [1.29, 1.82) is 0 Å². The van der Waals surface area contributed by atoms with Gasteiger partial charge < -0.3 is 24.8 Å². The van der Waals surface area contributed by atoms with Crippen LogP contribution in [0.15, 0.2) is 42.7 Å². The summed E-state index contributed by atoms with van der Waals surface area (Å²) in [6.07, 6.45) is 3.48. The Hall–Kier alpha value is -2.64. The van der Waals surface area contributed by atoms with E-state index in [2.05, 4.69) is 31.9 Å². The molecule has 0 aliphatic carbocycles. The van der Waals surface area contributed by atoms with Crippen molar-refractivity contribution in [3.63, 3.8) is 0 Å². The number of nitrogens with one attached hydrogen (secondary N) is 1. The first-order valence-electron chi connectivity index (χ1n) is 10.4. The maximum Gasteiger partial charge on any atom is 0.257 e. The third kappa shape index (κ3) is 4.68. The minimum Gasteiger partial charge on any atom is -0.378 e. The molecule has 0 radical (unpaired) electrons. The maximum absolute atomic E-state index is 13.0. The molecule has 0 bridgehead atoms. The smallest absolute Gasteiger partial charge is 0.257 e. The lowest BCUT2D eigenvalue weighted by Gasteiger charge is -2.35. The Balaban J connectivity index is 1.47. The predicted octanol–water partition coefficient (Wildman–Crippen LogP) is 2.31. The fourth-order valence-electron chi connectivity index (χ4n) is 3.90. The molecule has 0 atom stereocenters. The average molecular weight is 396 g/mol. The zero-order chi connectivity index (χ0) is 20.1. The highest BCUT2D eigenvalue weighted by molar-refractivity contribution is 6.06. The van der Waals surface area contributed by atoms with Gasteiger partial charge >= 0.3 is 0 Å². The first-order valence-corrected chi connectivity index (χ1v) is 10.4. The SMILES string of the molecule is CCN1CCN(c2cncc(C(=O)Nc3ccccc3N3CCOCC3)c2)CC1. The van der Waals surface area contributed by atoms with Crippen molar-refractivity contribution in [2.24, 2.45) is 0 Å². The predicted molar refractivity (Wildman–Crippen MR) is 116 cm³/mol. The molecule has 1 N–H and O–H groups in total. The number of likely N-dealkylation sites (N-methyl/N-ethyl adjacent to an activating group) is 1. The number of carbonyl (C=O) groups is 1. The van der Waals surface area contributed by atoms with E-state index in [0.29, 0.717) is 18.8 Å². The highest BCUT2D eigenvalue weighted by Crippen LogP contribution is 2.27. The second-order valence-corrected chi connectivity index (χ2v) is 7.42. The van der Waals surface area contributed by atoms with E-state index in [1.54, 1.807) is 6.20 Å². The van der Waals surface area contributed by atoms with E-state index in [1.165, 1.54) is 0 Å². The third-order valence-corrected chi connectivity index (χ3v) is 5.67. The minimum absolute atomic E-state index is 0.132. The number of piperazine rings is 1. The van der Waals surface area contributed by atoms with Gasteiger partial charge in [-0.15, -0.1) is 0 Å². The lowest BCUT2D eigenvalue weighted by Crippen LogP contribution is -2.46. The summed E-state index contributed by atoms with van der Waals surface area (Å²) < 4.78 is 5.45. The van der Waals surface area contributed by atoms with Crippen molar-refractivity contribution < 1.29 is 9.53 Å². The summed E-state index contributed by atoms with van der Waals surface area (Å²) in [6, 6.07) is 9.88. The normalized spacial score (nSPS) is 18.0. The molecule has 2 saturated heterocycles. The number of morpholine rings is 1. The molecule has 2 aliphatic rings. The topological polar surface area (TPSA) is 60.9 Å². The Labute approximate surface area is 172 Å². The van der Waals surface area contributed by atoms with Gasteiger partial charge in [-0.2, -0.15) is 0 Å². The van der Waals surface area contributed by atoms with Crippen molar-refractivity contribution >= 4 is 23.0 Å². The van der Waals surface area contributed by atoms with E-state index in [9.17, 15) is 4.79 Å². The summed E-state index contributed by atoms with van der Waals surface area (Å²) in [6.45, 7) is 10.3. The molecule has 0 saturated carbocycles. The second-order valence-electron chi connectivity index (χ2n) is 7.42. The molecule has 29 heavy (non-hydrogen) atoms. The molecule has 2 aliphatic heterocycles. The van der Waals surface area contributed by atoms with Gasteiger partial charge in [0.2, 0.25) is 0 Å². The van der Waals surface area contributed by atoms with Crippen LogP contribution in [0.1, 0.15) is 17.3 Å². The molecular weight excluding hydrogens is 366 g/mol. The molecular formula is C22H29N5O2. The van der Waals surface area contributed by atoms with Crippen LogP contribution in [0.3, 0.4) is 0 Å². The second kappa shape index (κ2) is 9.24. The number of carbonyl (C=O) groups excluding carboxylic acids is 1. The Morgan fingerprint density at radius 2 is 1.79 bits per heavy atom. The number of anilines is 3. The molecule has 1 amide bonds. The molecule has 1 aromatic carbocycles. The summed E-state index contributed by atoms with van der Waals surface area (Å²) in [4.78, 5) is 24.3. The summed E-state index contributed by atoms with van der Waals surface area (Å²) in [5.41, 5.74) is 3.44. The van der Waals surface area contributed by atoms with Crippen LogP contribution in [0.2, 0.25) is 0 Å². The number of aromatic nitrogens is 1. The van der Waals surface area contributed by atoms with Crippen LogP contribution in [0.5, 0.6) is 0 Å². The Morgan fingerprint density at radius 1 is 1.03 bits per heavy atom. The number of amides is 1. The number of nitrogens with zero attached hydrogens (tertiary/aromatic N) is 4. The van der Waals surface area contributed by atoms with Gasteiger partial charge in [0.25, 0.3) is 5.91 Å². The fourth-order valence-corrected chi connectivity index (χ4v) is 3.90. The zero-order valence-corrected chi connectivity index (χ0v) is 17.0. The summed E-state index contributed by atoms with van der Waals surface area (Å²) in [5.74, 6) is -0.132. The van der Waals surface area contributed by atoms with E-state index < -0.39 is 0 Å². The van der Waals surface area contributed by atoms with Gasteiger partial charge in [0.1, 0.15) is 0 Å². The molecule has 3 heterocycles. The van der Waals surface area contributed by atoms with Crippen LogP contribution in [-0.4, -0.2) is 74.8 Å². The molecule has 0 unspecified atom stereocenters. The van der Waals surface area contributed by atoms with Crippen LogP contribution in [0.25, 0.3) is 0 Å². The number of para-hydroxylation sites is 2. The molecule has 4 rings (SSSR count). The van der Waals surface area contributed by atoms with E-state index in [4.69, 9.17) is 4.74 Å². The molecule has 154 valence electrons. The lowest BCUT2D eigenvalue weighted by molar-refractivity contribution is 0.102. The van der Waals surface area contributed by atoms with Gasteiger partial charge in [-0.1, -0.05) is 19.1 Å². The largest absolute Gasteiger partial charge is 0.378 e. The number of hydrogen-bond acceptors (Lipinski definition) is 6. The highest BCUT2D eigenvalue weighted by atomic mass is 16.5. The van der Waals surface area contributed by atoms with Crippen molar-refractivity contribution in [2.45, 2.75) is 6.92 Å². The summed E-state index contributed by atoms with van der Waals surface area (Å²) in [5, 5.41) is 3.08. The van der Waals surface area contributed by atoms with E-state index >= 15 is 0 Å². The molecule has 0 spiro atoms. The Kier molecular flexibility index (Phi) is 6.27. The van der Waals surface area contributed by atoms with Gasteiger partial charge in [-0.3, -0.25) is 9.78 Å². The fraction of sp³-hybridized carbons (Fsp3) is 0.455. The maximum atomic E-state index is 13.0. The number of pyridine rings is 1. The van der Waals surface area contributed by atoms with Crippen LogP contribution in [0, 0.1) is 0 Å². The summed E-state index contributed by atoms with van der Waals surface area (Å²) >= 11 is 0. The van der Waals surface area contributed by atoms with Crippen LogP contribution >= 0.6 is 0 Å². The van der Waals surface area contributed by atoms with Crippen molar-refractivity contribution in [2.75, 3.05) is 74.1 Å². The molecule has 7 heteroatoms. The highest BCUT2D eigenvalue weighted by Gasteiger charge is 2.19. The molecule has 7 nitrogen and oxygen atoms in total. The molecule has 2 aromatic rings. The van der Waals surface area contributed by atoms with Crippen LogP contribution < -0.4 is 15.1 Å².